The minimum Gasteiger partial charge on any atom is -0.491 e. The lowest BCUT2D eigenvalue weighted by atomic mass is 9.93. The van der Waals surface area contributed by atoms with Crippen LogP contribution >= 0.6 is 0 Å². The van der Waals surface area contributed by atoms with Gasteiger partial charge in [0.05, 0.1) is 4.90 Å². The fourth-order valence-electron chi connectivity index (χ4n) is 2.35. The standard InChI is InChI=1S/C14H20N2O4S/c1-16-14(13(15)17,10-3-4-10)9-20-11-5-7-12(8-6-11)21(2,18)19/h5-8,10,16H,3-4,9H2,1-2H3,(H2,15,17). The van der Waals surface area contributed by atoms with Crippen LogP contribution in [0.5, 0.6) is 5.75 Å². The van der Waals surface area contributed by atoms with Crippen LogP contribution < -0.4 is 15.8 Å². The number of rotatable bonds is 7. The van der Waals surface area contributed by atoms with Crippen LogP contribution in [0.15, 0.2) is 29.2 Å². The number of nitrogens with two attached hydrogens (primary N) is 1. The molecule has 1 aromatic rings. The molecule has 1 aliphatic rings. The third-order valence-corrected chi connectivity index (χ3v) is 5.01. The highest BCUT2D eigenvalue weighted by Crippen LogP contribution is 2.39. The molecular formula is C14H20N2O4S. The molecule has 2 rings (SSSR count). The highest BCUT2D eigenvalue weighted by molar-refractivity contribution is 7.90. The summed E-state index contributed by atoms with van der Waals surface area (Å²) < 4.78 is 28.4. The number of ether oxygens (including phenoxy) is 1. The third-order valence-electron chi connectivity index (χ3n) is 3.88. The van der Waals surface area contributed by atoms with Gasteiger partial charge < -0.3 is 15.8 Å². The molecule has 0 aliphatic heterocycles. The second-order valence-electron chi connectivity index (χ2n) is 5.39. The molecular weight excluding hydrogens is 292 g/mol. The first kappa shape index (κ1) is 15.8. The topological polar surface area (TPSA) is 98.5 Å². The zero-order valence-corrected chi connectivity index (χ0v) is 12.9. The molecule has 1 saturated carbocycles. The summed E-state index contributed by atoms with van der Waals surface area (Å²) in [4.78, 5) is 12.0. The highest BCUT2D eigenvalue weighted by atomic mass is 32.2. The van der Waals surface area contributed by atoms with E-state index in [-0.39, 0.29) is 17.4 Å². The average molecular weight is 312 g/mol. The van der Waals surface area contributed by atoms with Gasteiger partial charge in [-0.25, -0.2) is 8.42 Å². The normalized spacial score (nSPS) is 18.0. The van der Waals surface area contributed by atoms with Crippen molar-refractivity contribution in [3.8, 4) is 5.75 Å². The molecule has 21 heavy (non-hydrogen) atoms. The van der Waals surface area contributed by atoms with E-state index in [1.54, 1.807) is 19.2 Å². The Kier molecular flexibility index (Phi) is 4.25. The van der Waals surface area contributed by atoms with E-state index in [1.807, 2.05) is 0 Å². The molecule has 1 amide bonds. The minimum atomic E-state index is -3.23. The molecule has 1 fully saturated rings. The van der Waals surface area contributed by atoms with Crippen molar-refractivity contribution < 1.29 is 17.9 Å². The number of primary amides is 1. The number of benzene rings is 1. The molecule has 6 nitrogen and oxygen atoms in total. The molecule has 1 aromatic carbocycles. The second kappa shape index (κ2) is 5.65. The van der Waals surface area contributed by atoms with Crippen LogP contribution in [0.4, 0.5) is 0 Å². The molecule has 1 atom stereocenters. The van der Waals surface area contributed by atoms with E-state index in [0.29, 0.717) is 5.75 Å². The van der Waals surface area contributed by atoms with Gasteiger partial charge in [-0.1, -0.05) is 0 Å². The summed E-state index contributed by atoms with van der Waals surface area (Å²) in [6.07, 6.45) is 3.04. The Balaban J connectivity index is 2.09. The third kappa shape index (κ3) is 3.36. The zero-order chi connectivity index (χ0) is 15.7. The lowest BCUT2D eigenvalue weighted by molar-refractivity contribution is -0.126. The van der Waals surface area contributed by atoms with Gasteiger partial charge in [0.15, 0.2) is 9.84 Å². The minimum absolute atomic E-state index is 0.127. The molecule has 0 aromatic heterocycles. The Labute approximate surface area is 124 Å². The van der Waals surface area contributed by atoms with Gasteiger partial charge in [-0.2, -0.15) is 0 Å². The fraction of sp³-hybridized carbons (Fsp3) is 0.500. The summed E-state index contributed by atoms with van der Waals surface area (Å²) in [5, 5.41) is 2.99. The summed E-state index contributed by atoms with van der Waals surface area (Å²) in [6.45, 7) is 0.127. The van der Waals surface area contributed by atoms with E-state index in [4.69, 9.17) is 10.5 Å². The van der Waals surface area contributed by atoms with Crippen LogP contribution in [0, 0.1) is 5.92 Å². The maximum atomic E-state index is 11.7. The number of hydrogen-bond donors (Lipinski definition) is 2. The Morgan fingerprint density at radius 3 is 2.33 bits per heavy atom. The van der Waals surface area contributed by atoms with E-state index < -0.39 is 21.3 Å². The highest BCUT2D eigenvalue weighted by Gasteiger charge is 2.49. The zero-order valence-electron chi connectivity index (χ0n) is 12.1. The second-order valence-corrected chi connectivity index (χ2v) is 7.41. The first-order chi connectivity index (χ1) is 9.79. The van der Waals surface area contributed by atoms with Crippen molar-refractivity contribution in [3.63, 3.8) is 0 Å². The quantitative estimate of drug-likeness (QED) is 0.755. The van der Waals surface area contributed by atoms with Gasteiger partial charge in [0.2, 0.25) is 5.91 Å². The van der Waals surface area contributed by atoms with Gasteiger partial charge in [0, 0.05) is 6.26 Å². The first-order valence-electron chi connectivity index (χ1n) is 6.71. The van der Waals surface area contributed by atoms with Crippen LogP contribution in [0.3, 0.4) is 0 Å². The lowest BCUT2D eigenvalue weighted by Gasteiger charge is -2.30. The maximum Gasteiger partial charge on any atom is 0.241 e. The number of nitrogens with one attached hydrogen (secondary N) is 1. The van der Waals surface area contributed by atoms with Crippen LogP contribution in [0.2, 0.25) is 0 Å². The fourth-order valence-corrected chi connectivity index (χ4v) is 2.98. The Bertz CT molecular complexity index is 623. The molecule has 0 saturated heterocycles. The van der Waals surface area contributed by atoms with Crippen molar-refractivity contribution in [1.29, 1.82) is 0 Å². The van der Waals surface area contributed by atoms with Crippen LogP contribution in [0.25, 0.3) is 0 Å². The lowest BCUT2D eigenvalue weighted by Crippen LogP contribution is -2.59. The molecule has 3 N–H and O–H groups in total. The van der Waals surface area contributed by atoms with Gasteiger partial charge >= 0.3 is 0 Å². The van der Waals surface area contributed by atoms with Crippen molar-refractivity contribution >= 4 is 15.7 Å². The van der Waals surface area contributed by atoms with Crippen molar-refractivity contribution in [1.82, 2.24) is 5.32 Å². The first-order valence-corrected chi connectivity index (χ1v) is 8.60. The summed E-state index contributed by atoms with van der Waals surface area (Å²) in [5.74, 6) is 0.263. The number of amides is 1. The Hall–Kier alpha value is -1.60. The van der Waals surface area contributed by atoms with Crippen molar-refractivity contribution in [3.05, 3.63) is 24.3 Å². The molecule has 1 unspecified atom stereocenters. The molecule has 1 aliphatic carbocycles. The van der Waals surface area contributed by atoms with Gasteiger partial charge in [-0.3, -0.25) is 4.79 Å². The average Bonchev–Trinajstić information content (AvgIpc) is 3.24. The number of sulfone groups is 1. The maximum absolute atomic E-state index is 11.7. The van der Waals surface area contributed by atoms with Crippen LogP contribution in [-0.4, -0.2) is 39.8 Å². The van der Waals surface area contributed by atoms with Gasteiger partial charge in [-0.05, 0) is 50.1 Å². The molecule has 0 spiro atoms. The summed E-state index contributed by atoms with van der Waals surface area (Å²) >= 11 is 0. The number of hydrogen-bond acceptors (Lipinski definition) is 5. The van der Waals surface area contributed by atoms with Gasteiger partial charge in [0.1, 0.15) is 17.9 Å². The largest absolute Gasteiger partial charge is 0.491 e. The van der Waals surface area contributed by atoms with Crippen LogP contribution in [-0.2, 0) is 14.6 Å². The predicted octanol–water partition coefficient (Wildman–Crippen LogP) is 0.322. The Morgan fingerprint density at radius 2 is 1.95 bits per heavy atom. The molecule has 0 radical (unpaired) electrons. The van der Waals surface area contributed by atoms with Gasteiger partial charge in [0.25, 0.3) is 0 Å². The molecule has 0 bridgehead atoms. The SMILES string of the molecule is CNC(COc1ccc(S(C)(=O)=O)cc1)(C(N)=O)C1CC1. The van der Waals surface area contributed by atoms with Crippen molar-refractivity contribution in [2.45, 2.75) is 23.3 Å². The summed E-state index contributed by atoms with van der Waals surface area (Å²) in [7, 11) is -1.53. The van der Waals surface area contributed by atoms with E-state index in [2.05, 4.69) is 5.32 Å². The van der Waals surface area contributed by atoms with Crippen LogP contribution in [0.1, 0.15) is 12.8 Å². The van der Waals surface area contributed by atoms with Gasteiger partial charge in [-0.15, -0.1) is 0 Å². The smallest absolute Gasteiger partial charge is 0.241 e. The summed E-state index contributed by atoms with van der Waals surface area (Å²) in [6, 6.07) is 6.11. The predicted molar refractivity (Wildman–Crippen MR) is 78.8 cm³/mol. The van der Waals surface area contributed by atoms with E-state index in [1.165, 1.54) is 12.1 Å². The van der Waals surface area contributed by atoms with E-state index in [9.17, 15) is 13.2 Å². The molecule has 0 heterocycles. The Morgan fingerprint density at radius 1 is 1.38 bits per heavy atom. The molecule has 116 valence electrons. The summed E-state index contributed by atoms with van der Waals surface area (Å²) in [5.41, 5.74) is 4.64. The van der Waals surface area contributed by atoms with E-state index in [0.717, 1.165) is 19.1 Å². The van der Waals surface area contributed by atoms with Crippen molar-refractivity contribution in [2.24, 2.45) is 11.7 Å². The number of carbonyl (C=O) groups is 1. The van der Waals surface area contributed by atoms with Crippen molar-refractivity contribution in [2.75, 3.05) is 19.9 Å². The monoisotopic (exact) mass is 312 g/mol. The number of likely N-dealkylation sites (N-methyl/N-ethyl adjacent to an activating group) is 1. The number of carbonyl (C=O) groups excluding carboxylic acids is 1. The molecule has 7 heteroatoms. The van der Waals surface area contributed by atoms with E-state index >= 15 is 0 Å².